The lowest BCUT2D eigenvalue weighted by molar-refractivity contribution is 0.0698. The van der Waals surface area contributed by atoms with Gasteiger partial charge in [-0.05, 0) is 30.7 Å². The predicted molar refractivity (Wildman–Crippen MR) is 84.5 cm³/mol. The first-order valence-electron chi connectivity index (χ1n) is 7.39. The molecule has 1 amide bonds. The van der Waals surface area contributed by atoms with E-state index in [1.807, 2.05) is 6.92 Å². The van der Waals surface area contributed by atoms with Crippen LogP contribution in [0, 0.1) is 0 Å². The second-order valence-electron chi connectivity index (χ2n) is 5.24. The monoisotopic (exact) mass is 326 g/mol. The smallest absolute Gasteiger partial charge is 0.253 e. The second kappa shape index (κ2) is 7.11. The zero-order valence-corrected chi connectivity index (χ0v) is 13.8. The highest BCUT2D eigenvalue weighted by Gasteiger charge is 2.28. The number of piperazine rings is 1. The van der Waals surface area contributed by atoms with E-state index in [-0.39, 0.29) is 11.7 Å². The molecule has 2 rings (SSSR count). The molecule has 1 fully saturated rings. The molecular formula is C15H22N2O4S. The third-order valence-electron chi connectivity index (χ3n) is 3.72. The molecule has 1 aliphatic heterocycles. The van der Waals surface area contributed by atoms with Crippen molar-refractivity contribution in [1.82, 2.24) is 9.21 Å². The molecule has 0 saturated carbocycles. The average Bonchev–Trinajstić information content (AvgIpc) is 2.54. The summed E-state index contributed by atoms with van der Waals surface area (Å²) >= 11 is 0. The molecule has 1 heterocycles. The number of methoxy groups -OCH3 is 1. The van der Waals surface area contributed by atoms with Crippen LogP contribution < -0.4 is 4.74 Å². The van der Waals surface area contributed by atoms with Gasteiger partial charge < -0.3 is 9.64 Å². The Balaban J connectivity index is 1.97. The Kier molecular flexibility index (Phi) is 5.42. The Morgan fingerprint density at radius 2 is 1.73 bits per heavy atom. The van der Waals surface area contributed by atoms with Gasteiger partial charge in [-0.1, -0.05) is 6.92 Å². The van der Waals surface area contributed by atoms with Gasteiger partial charge in [-0.25, -0.2) is 8.42 Å². The number of sulfonamides is 1. The van der Waals surface area contributed by atoms with Crippen LogP contribution in [0.4, 0.5) is 0 Å². The molecule has 22 heavy (non-hydrogen) atoms. The third-order valence-corrected chi connectivity index (χ3v) is 5.79. The number of amides is 1. The van der Waals surface area contributed by atoms with Gasteiger partial charge in [-0.3, -0.25) is 4.79 Å². The lowest BCUT2D eigenvalue weighted by Crippen LogP contribution is -2.51. The Morgan fingerprint density at radius 1 is 1.14 bits per heavy atom. The molecule has 1 aromatic carbocycles. The van der Waals surface area contributed by atoms with Crippen molar-refractivity contribution >= 4 is 15.9 Å². The van der Waals surface area contributed by atoms with E-state index in [0.29, 0.717) is 43.9 Å². The van der Waals surface area contributed by atoms with Crippen molar-refractivity contribution in [2.24, 2.45) is 0 Å². The maximum absolute atomic E-state index is 12.4. The van der Waals surface area contributed by atoms with E-state index in [1.54, 1.807) is 36.3 Å². The summed E-state index contributed by atoms with van der Waals surface area (Å²) < 4.78 is 30.6. The SMILES string of the molecule is CCCS(=O)(=O)N1CCN(C(=O)c2ccc(OC)cc2)CC1. The predicted octanol–water partition coefficient (Wildman–Crippen LogP) is 1.19. The molecule has 6 nitrogen and oxygen atoms in total. The van der Waals surface area contributed by atoms with Crippen LogP contribution in [-0.4, -0.2) is 62.6 Å². The quantitative estimate of drug-likeness (QED) is 0.815. The minimum absolute atomic E-state index is 0.0739. The molecular weight excluding hydrogens is 304 g/mol. The van der Waals surface area contributed by atoms with Gasteiger partial charge in [-0.15, -0.1) is 0 Å². The zero-order valence-electron chi connectivity index (χ0n) is 13.0. The van der Waals surface area contributed by atoms with E-state index < -0.39 is 10.0 Å². The van der Waals surface area contributed by atoms with E-state index in [4.69, 9.17) is 4.74 Å². The third kappa shape index (κ3) is 3.78. The second-order valence-corrected chi connectivity index (χ2v) is 7.32. The summed E-state index contributed by atoms with van der Waals surface area (Å²) in [5, 5.41) is 0. The van der Waals surface area contributed by atoms with Crippen LogP contribution in [0.1, 0.15) is 23.7 Å². The van der Waals surface area contributed by atoms with Crippen LogP contribution in [0.25, 0.3) is 0 Å². The minimum atomic E-state index is -3.18. The number of nitrogens with zero attached hydrogens (tertiary/aromatic N) is 2. The van der Waals surface area contributed by atoms with E-state index in [9.17, 15) is 13.2 Å². The fraction of sp³-hybridized carbons (Fsp3) is 0.533. The highest BCUT2D eigenvalue weighted by Crippen LogP contribution is 2.15. The van der Waals surface area contributed by atoms with Gasteiger partial charge in [0.25, 0.3) is 5.91 Å². The fourth-order valence-corrected chi connectivity index (χ4v) is 3.97. The summed E-state index contributed by atoms with van der Waals surface area (Å²) in [6.07, 6.45) is 0.604. The summed E-state index contributed by atoms with van der Waals surface area (Å²) in [5.41, 5.74) is 0.589. The van der Waals surface area contributed by atoms with Crippen molar-refractivity contribution in [3.8, 4) is 5.75 Å². The maximum atomic E-state index is 12.4. The molecule has 0 atom stereocenters. The normalized spacial score (nSPS) is 16.5. The molecule has 0 unspecified atom stereocenters. The molecule has 1 aliphatic rings. The van der Waals surface area contributed by atoms with Gasteiger partial charge in [0.15, 0.2) is 0 Å². The number of ether oxygens (including phenoxy) is 1. The zero-order chi connectivity index (χ0) is 16.2. The van der Waals surface area contributed by atoms with Crippen molar-refractivity contribution in [3.05, 3.63) is 29.8 Å². The standard InChI is InChI=1S/C15H22N2O4S/c1-3-12-22(19,20)17-10-8-16(9-11-17)15(18)13-4-6-14(21-2)7-5-13/h4-7H,3,8-12H2,1-2H3. The summed E-state index contributed by atoms with van der Waals surface area (Å²) in [5.74, 6) is 0.793. The number of carbonyl (C=O) groups is 1. The van der Waals surface area contributed by atoms with Crippen LogP contribution >= 0.6 is 0 Å². The van der Waals surface area contributed by atoms with Crippen molar-refractivity contribution < 1.29 is 17.9 Å². The molecule has 1 saturated heterocycles. The fourth-order valence-electron chi connectivity index (χ4n) is 2.47. The van der Waals surface area contributed by atoms with Gasteiger partial charge in [0.2, 0.25) is 10.0 Å². The number of hydrogen-bond acceptors (Lipinski definition) is 4. The number of carbonyl (C=O) groups excluding carboxylic acids is 1. The van der Waals surface area contributed by atoms with Crippen molar-refractivity contribution in [1.29, 1.82) is 0 Å². The van der Waals surface area contributed by atoms with Crippen LogP contribution in [0.15, 0.2) is 24.3 Å². The van der Waals surface area contributed by atoms with Gasteiger partial charge >= 0.3 is 0 Å². The summed E-state index contributed by atoms with van der Waals surface area (Å²) in [6, 6.07) is 6.94. The molecule has 0 bridgehead atoms. The number of rotatable bonds is 5. The maximum Gasteiger partial charge on any atom is 0.253 e. The van der Waals surface area contributed by atoms with Crippen molar-refractivity contribution in [3.63, 3.8) is 0 Å². The van der Waals surface area contributed by atoms with Crippen LogP contribution in [0.5, 0.6) is 5.75 Å². The first-order chi connectivity index (χ1) is 10.5. The Morgan fingerprint density at radius 3 is 2.23 bits per heavy atom. The summed E-state index contributed by atoms with van der Waals surface area (Å²) in [4.78, 5) is 14.1. The van der Waals surface area contributed by atoms with Gasteiger partial charge in [0.1, 0.15) is 5.75 Å². The first-order valence-corrected chi connectivity index (χ1v) is 9.00. The Bertz CT molecular complexity index is 605. The topological polar surface area (TPSA) is 66.9 Å². The summed E-state index contributed by atoms with van der Waals surface area (Å²) in [7, 11) is -1.60. The van der Waals surface area contributed by atoms with E-state index in [0.717, 1.165) is 0 Å². The highest BCUT2D eigenvalue weighted by atomic mass is 32.2. The Hall–Kier alpha value is -1.60. The molecule has 7 heteroatoms. The molecule has 122 valence electrons. The van der Waals surface area contributed by atoms with Crippen molar-refractivity contribution in [2.75, 3.05) is 39.0 Å². The molecule has 0 N–H and O–H groups in total. The van der Waals surface area contributed by atoms with E-state index >= 15 is 0 Å². The number of hydrogen-bond donors (Lipinski definition) is 0. The Labute approximate surface area is 131 Å². The van der Waals surface area contributed by atoms with Gasteiger partial charge in [-0.2, -0.15) is 4.31 Å². The largest absolute Gasteiger partial charge is 0.497 e. The van der Waals surface area contributed by atoms with Crippen molar-refractivity contribution in [2.45, 2.75) is 13.3 Å². The molecule has 1 aromatic rings. The highest BCUT2D eigenvalue weighted by molar-refractivity contribution is 7.89. The van der Waals surface area contributed by atoms with Crippen LogP contribution in [-0.2, 0) is 10.0 Å². The lowest BCUT2D eigenvalue weighted by Gasteiger charge is -2.34. The van der Waals surface area contributed by atoms with E-state index in [1.165, 1.54) is 4.31 Å². The average molecular weight is 326 g/mol. The van der Waals surface area contributed by atoms with Crippen LogP contribution in [0.3, 0.4) is 0 Å². The molecule has 0 aliphatic carbocycles. The van der Waals surface area contributed by atoms with E-state index in [2.05, 4.69) is 0 Å². The number of benzene rings is 1. The van der Waals surface area contributed by atoms with Crippen LogP contribution in [0.2, 0.25) is 0 Å². The first kappa shape index (κ1) is 16.8. The molecule has 0 spiro atoms. The van der Waals surface area contributed by atoms with Gasteiger partial charge in [0, 0.05) is 31.7 Å². The molecule has 0 radical (unpaired) electrons. The minimum Gasteiger partial charge on any atom is -0.497 e. The molecule has 0 aromatic heterocycles. The lowest BCUT2D eigenvalue weighted by atomic mass is 10.2. The van der Waals surface area contributed by atoms with Gasteiger partial charge in [0.05, 0.1) is 12.9 Å². The summed E-state index contributed by atoms with van der Waals surface area (Å²) in [6.45, 7) is 3.43.